The summed E-state index contributed by atoms with van der Waals surface area (Å²) in [6.45, 7) is 5.28. The van der Waals surface area contributed by atoms with Gasteiger partial charge in [0.15, 0.2) is 0 Å². The number of rotatable bonds is 7. The van der Waals surface area contributed by atoms with Crippen LogP contribution in [0.15, 0.2) is 24.3 Å². The van der Waals surface area contributed by atoms with E-state index in [1.165, 1.54) is 31.2 Å². The van der Waals surface area contributed by atoms with E-state index in [0.29, 0.717) is 19.3 Å². The molecule has 0 bridgehead atoms. The molecule has 1 aromatic carbocycles. The molecule has 1 fully saturated rings. The fourth-order valence-corrected chi connectivity index (χ4v) is 2.54. The van der Waals surface area contributed by atoms with Crippen molar-refractivity contribution in [2.75, 3.05) is 18.5 Å². The fraction of sp³-hybridized carbons (Fsp3) is 0.588. The maximum absolute atomic E-state index is 12.0. The number of hydrogen-bond acceptors (Lipinski definition) is 3. The van der Waals surface area contributed by atoms with Gasteiger partial charge in [0.2, 0.25) is 5.91 Å². The first kappa shape index (κ1) is 16.0. The van der Waals surface area contributed by atoms with Crippen molar-refractivity contribution in [3.63, 3.8) is 0 Å². The van der Waals surface area contributed by atoms with E-state index in [-0.39, 0.29) is 11.9 Å². The first-order valence-electron chi connectivity index (χ1n) is 7.87. The number of carbonyl (C=O) groups is 1. The van der Waals surface area contributed by atoms with Gasteiger partial charge in [0, 0.05) is 12.2 Å². The number of hydrogen-bond donors (Lipinski definition) is 2. The molecule has 1 aromatic rings. The summed E-state index contributed by atoms with van der Waals surface area (Å²) in [7, 11) is 0. The number of aryl methyl sites for hydroxylation is 1. The van der Waals surface area contributed by atoms with E-state index in [1.807, 2.05) is 38.1 Å². The van der Waals surface area contributed by atoms with E-state index in [1.54, 1.807) is 0 Å². The second kappa shape index (κ2) is 8.15. The molecule has 1 aliphatic rings. The molecule has 0 saturated heterocycles. The van der Waals surface area contributed by atoms with Crippen LogP contribution in [0, 0.1) is 6.92 Å². The van der Waals surface area contributed by atoms with Gasteiger partial charge in [-0.15, -0.1) is 0 Å². The molecule has 116 valence electrons. The van der Waals surface area contributed by atoms with Gasteiger partial charge in [0.25, 0.3) is 0 Å². The summed E-state index contributed by atoms with van der Waals surface area (Å²) in [5.74, 6) is -0.0141. The van der Waals surface area contributed by atoms with E-state index in [4.69, 9.17) is 4.74 Å². The molecule has 0 radical (unpaired) electrons. The average Bonchev–Trinajstić information content (AvgIpc) is 2.99. The first-order valence-corrected chi connectivity index (χ1v) is 7.87. The summed E-state index contributed by atoms with van der Waals surface area (Å²) in [6.07, 6.45) is 5.37. The van der Waals surface area contributed by atoms with E-state index in [2.05, 4.69) is 10.6 Å². The summed E-state index contributed by atoms with van der Waals surface area (Å²) in [5, 5.41) is 6.11. The van der Waals surface area contributed by atoms with Crippen LogP contribution in [-0.2, 0) is 9.53 Å². The Labute approximate surface area is 127 Å². The van der Waals surface area contributed by atoms with Crippen molar-refractivity contribution in [1.29, 1.82) is 0 Å². The molecule has 21 heavy (non-hydrogen) atoms. The van der Waals surface area contributed by atoms with E-state index < -0.39 is 0 Å². The maximum Gasteiger partial charge on any atom is 0.241 e. The zero-order valence-electron chi connectivity index (χ0n) is 13.0. The normalized spacial score (nSPS) is 16.9. The van der Waals surface area contributed by atoms with Crippen LogP contribution in [0.3, 0.4) is 0 Å². The van der Waals surface area contributed by atoms with Crippen molar-refractivity contribution < 1.29 is 9.53 Å². The highest BCUT2D eigenvalue weighted by Crippen LogP contribution is 2.20. The van der Waals surface area contributed by atoms with Crippen LogP contribution in [0.25, 0.3) is 0 Å². The van der Waals surface area contributed by atoms with Crippen LogP contribution >= 0.6 is 0 Å². The fourth-order valence-electron chi connectivity index (χ4n) is 2.54. The second-order valence-corrected chi connectivity index (χ2v) is 5.81. The predicted octanol–water partition coefficient (Wildman–Crippen LogP) is 2.87. The van der Waals surface area contributed by atoms with Crippen LogP contribution in [0.2, 0.25) is 0 Å². The zero-order chi connectivity index (χ0) is 15.1. The number of benzene rings is 1. The Hall–Kier alpha value is -1.39. The molecule has 4 nitrogen and oxygen atoms in total. The predicted molar refractivity (Wildman–Crippen MR) is 85.5 cm³/mol. The highest BCUT2D eigenvalue weighted by atomic mass is 16.5. The molecule has 0 spiro atoms. The number of nitrogens with one attached hydrogen (secondary N) is 2. The van der Waals surface area contributed by atoms with Gasteiger partial charge in [0.05, 0.1) is 18.8 Å². The van der Waals surface area contributed by atoms with Gasteiger partial charge < -0.3 is 15.4 Å². The third kappa shape index (κ3) is 5.48. The quantitative estimate of drug-likeness (QED) is 0.759. The van der Waals surface area contributed by atoms with Crippen molar-refractivity contribution >= 4 is 11.6 Å². The van der Waals surface area contributed by atoms with Crippen molar-refractivity contribution in [1.82, 2.24) is 5.32 Å². The Morgan fingerprint density at radius 3 is 2.62 bits per heavy atom. The molecule has 0 aliphatic heterocycles. The van der Waals surface area contributed by atoms with Gasteiger partial charge in [0.1, 0.15) is 0 Å². The molecule has 2 rings (SSSR count). The topological polar surface area (TPSA) is 50.4 Å². The van der Waals surface area contributed by atoms with Crippen LogP contribution in [-0.4, -0.2) is 31.2 Å². The minimum Gasteiger partial charge on any atom is -0.377 e. The molecule has 4 heteroatoms. The lowest BCUT2D eigenvalue weighted by atomic mass is 10.2. The average molecular weight is 290 g/mol. The Balaban J connectivity index is 1.63. The van der Waals surface area contributed by atoms with Crippen molar-refractivity contribution in [3.05, 3.63) is 29.8 Å². The van der Waals surface area contributed by atoms with Gasteiger partial charge in [-0.2, -0.15) is 0 Å². The lowest BCUT2D eigenvalue weighted by molar-refractivity contribution is -0.117. The summed E-state index contributed by atoms with van der Waals surface area (Å²) >= 11 is 0. The third-order valence-electron chi connectivity index (χ3n) is 3.92. The van der Waals surface area contributed by atoms with Gasteiger partial charge in [-0.3, -0.25) is 4.79 Å². The molecule has 0 heterocycles. The molecular formula is C17H26N2O2. The summed E-state index contributed by atoms with van der Waals surface area (Å²) in [4.78, 5) is 12.0. The van der Waals surface area contributed by atoms with Gasteiger partial charge in [-0.05, 0) is 38.8 Å². The second-order valence-electron chi connectivity index (χ2n) is 5.81. The third-order valence-corrected chi connectivity index (χ3v) is 3.92. The minimum absolute atomic E-state index is 0.0141. The number of amides is 1. The van der Waals surface area contributed by atoms with E-state index in [0.717, 1.165) is 5.69 Å². The Morgan fingerprint density at radius 1 is 1.29 bits per heavy atom. The first-order chi connectivity index (χ1) is 10.1. The zero-order valence-corrected chi connectivity index (χ0v) is 13.0. The Kier molecular flexibility index (Phi) is 6.21. The monoisotopic (exact) mass is 290 g/mol. The van der Waals surface area contributed by atoms with Crippen LogP contribution < -0.4 is 10.6 Å². The summed E-state index contributed by atoms with van der Waals surface area (Å²) in [6, 6.07) is 7.59. The Morgan fingerprint density at radius 2 is 1.95 bits per heavy atom. The highest BCUT2D eigenvalue weighted by Gasteiger charge is 2.16. The van der Waals surface area contributed by atoms with Gasteiger partial charge in [-0.1, -0.05) is 30.5 Å². The largest absolute Gasteiger partial charge is 0.377 e. The Bertz CT molecular complexity index is 439. The molecule has 0 aromatic heterocycles. The molecule has 1 aliphatic carbocycles. The molecular weight excluding hydrogens is 264 g/mol. The number of ether oxygens (including phenoxy) is 1. The molecule has 1 amide bonds. The molecule has 1 atom stereocenters. The number of anilines is 1. The summed E-state index contributed by atoms with van der Waals surface area (Å²) in [5.41, 5.74) is 2.02. The van der Waals surface area contributed by atoms with E-state index >= 15 is 0 Å². The highest BCUT2D eigenvalue weighted by molar-refractivity contribution is 5.94. The SMILES string of the molecule is Cc1ccc(NC(=O)C(C)NCCOC2CCCC2)cc1. The smallest absolute Gasteiger partial charge is 0.241 e. The summed E-state index contributed by atoms with van der Waals surface area (Å²) < 4.78 is 5.77. The van der Waals surface area contributed by atoms with Crippen LogP contribution in [0.4, 0.5) is 5.69 Å². The van der Waals surface area contributed by atoms with E-state index in [9.17, 15) is 4.79 Å². The van der Waals surface area contributed by atoms with Crippen molar-refractivity contribution in [2.24, 2.45) is 0 Å². The van der Waals surface area contributed by atoms with Crippen LogP contribution in [0.1, 0.15) is 38.2 Å². The molecule has 1 unspecified atom stereocenters. The number of carbonyl (C=O) groups excluding carboxylic acids is 1. The minimum atomic E-state index is -0.224. The molecule has 2 N–H and O–H groups in total. The van der Waals surface area contributed by atoms with Gasteiger partial charge in [-0.25, -0.2) is 0 Å². The van der Waals surface area contributed by atoms with Crippen molar-refractivity contribution in [3.8, 4) is 0 Å². The standard InChI is InChI=1S/C17H26N2O2/c1-13-7-9-15(10-8-13)19-17(20)14(2)18-11-12-21-16-5-3-4-6-16/h7-10,14,16,18H,3-6,11-12H2,1-2H3,(H,19,20). The van der Waals surface area contributed by atoms with Crippen molar-refractivity contribution in [2.45, 2.75) is 51.7 Å². The lowest BCUT2D eigenvalue weighted by Gasteiger charge is -2.16. The maximum atomic E-state index is 12.0. The van der Waals surface area contributed by atoms with Crippen LogP contribution in [0.5, 0.6) is 0 Å². The lowest BCUT2D eigenvalue weighted by Crippen LogP contribution is -2.39. The van der Waals surface area contributed by atoms with Gasteiger partial charge >= 0.3 is 0 Å². The molecule has 1 saturated carbocycles.